The highest BCUT2D eigenvalue weighted by molar-refractivity contribution is 7.89. The van der Waals surface area contributed by atoms with E-state index >= 15 is 0 Å². The van der Waals surface area contributed by atoms with E-state index in [9.17, 15) is 26.4 Å². The van der Waals surface area contributed by atoms with Crippen molar-refractivity contribution in [2.45, 2.75) is 11.1 Å². The fraction of sp³-hybridized carbons (Fsp3) is 0.235. The van der Waals surface area contributed by atoms with Crippen molar-refractivity contribution in [2.24, 2.45) is 0 Å². The second-order valence-corrected chi connectivity index (χ2v) is 7.83. The summed E-state index contributed by atoms with van der Waals surface area (Å²) in [6.45, 7) is 0. The summed E-state index contributed by atoms with van der Waals surface area (Å²) in [5.74, 6) is -0.674. The summed E-state index contributed by atoms with van der Waals surface area (Å²) in [6, 6.07) is 7.72. The molecule has 0 saturated heterocycles. The monoisotopic (exact) mass is 402 g/mol. The van der Waals surface area contributed by atoms with Crippen LogP contribution in [0.1, 0.15) is 15.9 Å². The van der Waals surface area contributed by atoms with Crippen LogP contribution < -0.4 is 10.1 Å². The Balaban J connectivity index is 2.40. The van der Waals surface area contributed by atoms with Crippen LogP contribution >= 0.6 is 0 Å². The van der Waals surface area contributed by atoms with Crippen LogP contribution in [0.15, 0.2) is 47.4 Å². The lowest BCUT2D eigenvalue weighted by atomic mass is 10.1. The molecule has 0 aliphatic carbocycles. The molecule has 0 fully saturated rings. The Morgan fingerprint density at radius 2 is 1.78 bits per heavy atom. The molecule has 0 saturated carbocycles. The van der Waals surface area contributed by atoms with Crippen LogP contribution in [-0.2, 0) is 16.2 Å². The van der Waals surface area contributed by atoms with Gasteiger partial charge in [0.05, 0.1) is 23.3 Å². The maximum Gasteiger partial charge on any atom is 0.416 e. The number of hydrogen-bond acceptors (Lipinski definition) is 4. The Kier molecular flexibility index (Phi) is 5.81. The Bertz CT molecular complexity index is 957. The minimum atomic E-state index is -4.59. The molecule has 0 aliphatic rings. The van der Waals surface area contributed by atoms with Crippen molar-refractivity contribution < 1.29 is 31.1 Å². The van der Waals surface area contributed by atoms with E-state index in [1.54, 1.807) is 0 Å². The van der Waals surface area contributed by atoms with E-state index in [0.29, 0.717) is 6.07 Å². The summed E-state index contributed by atoms with van der Waals surface area (Å²) in [5, 5.41) is 2.39. The third-order valence-electron chi connectivity index (χ3n) is 3.65. The summed E-state index contributed by atoms with van der Waals surface area (Å²) in [5.41, 5.74) is -1.18. The first-order valence-electron chi connectivity index (χ1n) is 7.56. The maximum atomic E-state index is 12.8. The van der Waals surface area contributed by atoms with Crippen molar-refractivity contribution in [3.8, 4) is 5.75 Å². The minimum absolute atomic E-state index is 0.0165. The minimum Gasteiger partial charge on any atom is -0.495 e. The summed E-state index contributed by atoms with van der Waals surface area (Å²) >= 11 is 0. The molecule has 27 heavy (non-hydrogen) atoms. The zero-order valence-corrected chi connectivity index (χ0v) is 15.5. The smallest absolute Gasteiger partial charge is 0.416 e. The van der Waals surface area contributed by atoms with Crippen LogP contribution in [0.25, 0.3) is 0 Å². The van der Waals surface area contributed by atoms with Gasteiger partial charge in [0.2, 0.25) is 10.0 Å². The summed E-state index contributed by atoms with van der Waals surface area (Å²) in [7, 11) is 0.237. The molecule has 0 bridgehead atoms. The van der Waals surface area contributed by atoms with Gasteiger partial charge in [0.1, 0.15) is 5.75 Å². The van der Waals surface area contributed by atoms with Gasteiger partial charge in [-0.2, -0.15) is 13.2 Å². The van der Waals surface area contributed by atoms with Gasteiger partial charge in [-0.15, -0.1) is 0 Å². The molecule has 0 aliphatic heterocycles. The third kappa shape index (κ3) is 4.58. The number of ether oxygens (including phenoxy) is 1. The number of nitrogens with one attached hydrogen (secondary N) is 1. The van der Waals surface area contributed by atoms with Crippen LogP contribution in [0.2, 0.25) is 0 Å². The lowest BCUT2D eigenvalue weighted by Crippen LogP contribution is -2.22. The van der Waals surface area contributed by atoms with E-state index < -0.39 is 27.7 Å². The van der Waals surface area contributed by atoms with Gasteiger partial charge in [-0.25, -0.2) is 12.7 Å². The molecule has 2 aromatic rings. The number of carbonyl (C=O) groups is 1. The highest BCUT2D eigenvalue weighted by atomic mass is 32.2. The molecule has 0 spiro atoms. The van der Waals surface area contributed by atoms with Crippen molar-refractivity contribution in [3.05, 3.63) is 53.6 Å². The topological polar surface area (TPSA) is 75.7 Å². The first-order valence-corrected chi connectivity index (χ1v) is 9.00. The summed E-state index contributed by atoms with van der Waals surface area (Å²) in [6.07, 6.45) is -4.59. The van der Waals surface area contributed by atoms with Crippen LogP contribution in [-0.4, -0.2) is 39.8 Å². The van der Waals surface area contributed by atoms with E-state index in [0.717, 1.165) is 16.4 Å². The molecule has 2 aromatic carbocycles. The van der Waals surface area contributed by atoms with E-state index in [2.05, 4.69) is 5.32 Å². The molecule has 1 amide bonds. The van der Waals surface area contributed by atoms with Gasteiger partial charge >= 0.3 is 6.18 Å². The number of carbonyl (C=O) groups excluding carboxylic acids is 1. The van der Waals surface area contributed by atoms with E-state index in [1.165, 1.54) is 45.5 Å². The zero-order chi connectivity index (χ0) is 20.4. The van der Waals surface area contributed by atoms with E-state index in [1.807, 2.05) is 0 Å². The van der Waals surface area contributed by atoms with Crippen LogP contribution in [0.5, 0.6) is 5.75 Å². The predicted molar refractivity (Wildman–Crippen MR) is 93.3 cm³/mol. The molecule has 1 N–H and O–H groups in total. The molecular formula is C17H17F3N2O4S. The highest BCUT2D eigenvalue weighted by Gasteiger charge is 2.31. The fourth-order valence-electron chi connectivity index (χ4n) is 2.19. The average Bonchev–Trinajstić information content (AvgIpc) is 2.60. The number of anilines is 1. The number of hydrogen-bond donors (Lipinski definition) is 1. The molecular weight excluding hydrogens is 385 g/mol. The van der Waals surface area contributed by atoms with Gasteiger partial charge in [0, 0.05) is 19.7 Å². The molecule has 0 radical (unpaired) electrons. The number of rotatable bonds is 5. The Labute approximate surface area is 154 Å². The standard InChI is InChI=1S/C17H17F3N2O4S/c1-22(2)27(24,25)13-7-8-15(26-3)14(10-13)21-16(23)11-5-4-6-12(9-11)17(18,19)20/h4-10H,1-3H3,(H,21,23). The molecule has 6 nitrogen and oxygen atoms in total. The average molecular weight is 402 g/mol. The van der Waals surface area contributed by atoms with Crippen LogP contribution in [0, 0.1) is 0 Å². The second-order valence-electron chi connectivity index (χ2n) is 5.68. The zero-order valence-electron chi connectivity index (χ0n) is 14.7. The molecule has 146 valence electrons. The summed E-state index contributed by atoms with van der Waals surface area (Å²) in [4.78, 5) is 12.3. The van der Waals surface area contributed by atoms with Gasteiger partial charge in [-0.05, 0) is 36.4 Å². The van der Waals surface area contributed by atoms with E-state index in [-0.39, 0.29) is 21.9 Å². The Morgan fingerprint density at radius 3 is 2.33 bits per heavy atom. The third-order valence-corrected chi connectivity index (χ3v) is 5.46. The Morgan fingerprint density at radius 1 is 1.11 bits per heavy atom. The summed E-state index contributed by atoms with van der Waals surface area (Å²) < 4.78 is 69.0. The second kappa shape index (κ2) is 7.57. The number of halogens is 3. The largest absolute Gasteiger partial charge is 0.495 e. The van der Waals surface area contributed by atoms with Crippen LogP contribution in [0.3, 0.4) is 0 Å². The van der Waals surface area contributed by atoms with Crippen molar-refractivity contribution >= 4 is 21.6 Å². The number of sulfonamides is 1. The molecule has 0 unspecified atom stereocenters. The molecule has 2 rings (SSSR count). The van der Waals surface area contributed by atoms with Crippen molar-refractivity contribution in [3.63, 3.8) is 0 Å². The lowest BCUT2D eigenvalue weighted by molar-refractivity contribution is -0.137. The molecule has 10 heteroatoms. The fourth-order valence-corrected chi connectivity index (χ4v) is 3.12. The molecule has 0 atom stereocenters. The van der Waals surface area contributed by atoms with Crippen molar-refractivity contribution in [2.75, 3.05) is 26.5 Å². The van der Waals surface area contributed by atoms with Gasteiger partial charge in [-0.1, -0.05) is 6.07 Å². The number of nitrogens with zero attached hydrogens (tertiary/aromatic N) is 1. The highest BCUT2D eigenvalue weighted by Crippen LogP contribution is 2.31. The molecule has 0 aromatic heterocycles. The number of alkyl halides is 3. The van der Waals surface area contributed by atoms with Crippen molar-refractivity contribution in [1.29, 1.82) is 0 Å². The van der Waals surface area contributed by atoms with Gasteiger partial charge < -0.3 is 10.1 Å². The van der Waals surface area contributed by atoms with Gasteiger partial charge in [0.15, 0.2) is 0 Å². The SMILES string of the molecule is COc1ccc(S(=O)(=O)N(C)C)cc1NC(=O)c1cccc(C(F)(F)F)c1. The van der Waals surface area contributed by atoms with Gasteiger partial charge in [0.25, 0.3) is 5.91 Å². The lowest BCUT2D eigenvalue weighted by Gasteiger charge is -2.15. The maximum absolute atomic E-state index is 12.8. The number of methoxy groups -OCH3 is 1. The Hall–Kier alpha value is -2.59. The quantitative estimate of drug-likeness (QED) is 0.833. The predicted octanol–water partition coefficient (Wildman–Crippen LogP) is 3.22. The number of amides is 1. The van der Waals surface area contributed by atoms with E-state index in [4.69, 9.17) is 4.74 Å². The number of benzene rings is 2. The van der Waals surface area contributed by atoms with Crippen LogP contribution in [0.4, 0.5) is 18.9 Å². The first kappa shape index (κ1) is 20.7. The first-order chi connectivity index (χ1) is 12.5. The van der Waals surface area contributed by atoms with Gasteiger partial charge in [-0.3, -0.25) is 4.79 Å². The normalized spacial score (nSPS) is 12.1. The molecule has 0 heterocycles. The van der Waals surface area contributed by atoms with Crippen molar-refractivity contribution in [1.82, 2.24) is 4.31 Å².